The number of nitrogens with one attached hydrogen (secondary N) is 1. The van der Waals surface area contributed by atoms with Crippen LogP contribution in [0.2, 0.25) is 0 Å². The summed E-state index contributed by atoms with van der Waals surface area (Å²) in [7, 11) is 0. The smallest absolute Gasteiger partial charge is 0.404 e. The van der Waals surface area contributed by atoms with Crippen LogP contribution in [0, 0.1) is 6.92 Å². The summed E-state index contributed by atoms with van der Waals surface area (Å²) < 4.78 is 43.4. The summed E-state index contributed by atoms with van der Waals surface area (Å²) in [5.41, 5.74) is 7.77. The van der Waals surface area contributed by atoms with Crippen molar-refractivity contribution < 1.29 is 17.9 Å². The van der Waals surface area contributed by atoms with Gasteiger partial charge in [-0.3, -0.25) is 4.99 Å². The Kier molecular flexibility index (Phi) is 7.11. The second-order valence-electron chi connectivity index (χ2n) is 5.74. The predicted molar refractivity (Wildman–Crippen MR) is 113 cm³/mol. The molecule has 150 valence electrons. The molecule has 0 saturated carbocycles. The van der Waals surface area contributed by atoms with Gasteiger partial charge >= 0.3 is 6.36 Å². The summed E-state index contributed by atoms with van der Waals surface area (Å²) in [6, 6.07) is 13.4. The molecule has 0 atom stereocenters. The van der Waals surface area contributed by atoms with E-state index in [4.69, 9.17) is 5.73 Å². The van der Waals surface area contributed by atoms with Gasteiger partial charge in [0, 0.05) is 6.54 Å². The Labute approximate surface area is 176 Å². The lowest BCUT2D eigenvalue weighted by molar-refractivity contribution is -0.274. The normalized spacial score (nSPS) is 11.9. The van der Waals surface area contributed by atoms with E-state index in [1.165, 1.54) is 18.2 Å². The van der Waals surface area contributed by atoms with Crippen molar-refractivity contribution in [2.45, 2.75) is 19.8 Å². The Morgan fingerprint density at radius 2 is 1.86 bits per heavy atom. The molecule has 1 heterocycles. The lowest BCUT2D eigenvalue weighted by atomic mass is 10.3. The van der Waals surface area contributed by atoms with E-state index in [1.54, 1.807) is 6.07 Å². The molecule has 0 fully saturated rings. The van der Waals surface area contributed by atoms with E-state index < -0.39 is 6.36 Å². The number of hydrogen-bond acceptors (Lipinski definition) is 3. The summed E-state index contributed by atoms with van der Waals surface area (Å²) in [4.78, 5) is 8.65. The van der Waals surface area contributed by atoms with Gasteiger partial charge in [0.05, 0.1) is 23.3 Å². The van der Waals surface area contributed by atoms with Gasteiger partial charge in [-0.05, 0) is 31.2 Å². The van der Waals surface area contributed by atoms with E-state index >= 15 is 0 Å². The Morgan fingerprint density at radius 1 is 1.18 bits per heavy atom. The van der Waals surface area contributed by atoms with Crippen LogP contribution in [0.1, 0.15) is 5.82 Å². The predicted octanol–water partition coefficient (Wildman–Crippen LogP) is 4.29. The van der Waals surface area contributed by atoms with Crippen LogP contribution in [-0.2, 0) is 6.54 Å². The van der Waals surface area contributed by atoms with E-state index in [0.717, 1.165) is 16.9 Å². The molecule has 2 aromatic carbocycles. The number of ether oxygens (including phenoxy) is 1. The summed E-state index contributed by atoms with van der Waals surface area (Å²) in [6.07, 6.45) is -4.79. The number of imidazole rings is 1. The second kappa shape index (κ2) is 9.13. The Hall–Kier alpha value is -2.50. The lowest BCUT2D eigenvalue weighted by Gasteiger charge is -2.14. The largest absolute Gasteiger partial charge is 0.573 e. The number of fused-ring (bicyclic) bond motifs is 1. The maximum atomic E-state index is 12.5. The van der Waals surface area contributed by atoms with Gasteiger partial charge in [-0.25, -0.2) is 4.98 Å². The number of anilines is 1. The fraction of sp³-hybridized carbons (Fsp3) is 0.222. The SMILES string of the molecule is Cc1nc2ccccc2n1CCN=C(N)Nc1ccccc1OC(F)(F)F.I. The molecule has 0 unspecified atom stereocenters. The molecule has 0 saturated heterocycles. The van der Waals surface area contributed by atoms with Crippen molar-refractivity contribution in [2.75, 3.05) is 11.9 Å². The summed E-state index contributed by atoms with van der Waals surface area (Å²) in [5, 5.41) is 2.64. The molecule has 6 nitrogen and oxygen atoms in total. The van der Waals surface area contributed by atoms with Crippen molar-refractivity contribution in [1.82, 2.24) is 9.55 Å². The first-order valence-electron chi connectivity index (χ1n) is 8.17. The first kappa shape index (κ1) is 21.8. The Balaban J connectivity index is 0.00000280. The number of alkyl halides is 3. The van der Waals surface area contributed by atoms with Gasteiger partial charge < -0.3 is 20.4 Å². The van der Waals surface area contributed by atoms with Crippen LogP contribution in [0.3, 0.4) is 0 Å². The Bertz CT molecular complexity index is 971. The zero-order valence-corrected chi connectivity index (χ0v) is 17.2. The molecule has 0 radical (unpaired) electrons. The molecule has 0 spiro atoms. The highest BCUT2D eigenvalue weighted by Crippen LogP contribution is 2.29. The minimum absolute atomic E-state index is 0. The fourth-order valence-corrected chi connectivity index (χ4v) is 2.71. The summed E-state index contributed by atoms with van der Waals surface area (Å²) >= 11 is 0. The molecule has 10 heteroatoms. The number of aliphatic imine (C=N–C) groups is 1. The van der Waals surface area contributed by atoms with Crippen molar-refractivity contribution in [3.8, 4) is 5.75 Å². The average Bonchev–Trinajstić information content (AvgIpc) is 2.91. The number of rotatable bonds is 5. The van der Waals surface area contributed by atoms with E-state index in [9.17, 15) is 13.2 Å². The van der Waals surface area contributed by atoms with Gasteiger partial charge in [0.1, 0.15) is 5.82 Å². The number of nitrogens with two attached hydrogens (primary N) is 1. The number of aromatic nitrogens is 2. The van der Waals surface area contributed by atoms with Gasteiger partial charge in [-0.2, -0.15) is 0 Å². The number of hydrogen-bond donors (Lipinski definition) is 2. The van der Waals surface area contributed by atoms with Crippen molar-refractivity contribution in [1.29, 1.82) is 0 Å². The summed E-state index contributed by atoms with van der Waals surface area (Å²) in [5.74, 6) is 0.469. The zero-order valence-electron chi connectivity index (χ0n) is 14.9. The summed E-state index contributed by atoms with van der Waals surface area (Å²) in [6.45, 7) is 2.77. The van der Waals surface area contributed by atoms with E-state index in [1.807, 2.05) is 35.8 Å². The zero-order chi connectivity index (χ0) is 19.4. The van der Waals surface area contributed by atoms with E-state index in [-0.39, 0.29) is 41.4 Å². The highest BCUT2D eigenvalue weighted by molar-refractivity contribution is 14.0. The van der Waals surface area contributed by atoms with Crippen LogP contribution in [0.5, 0.6) is 5.75 Å². The molecular formula is C18H19F3IN5O. The topological polar surface area (TPSA) is 77.5 Å². The molecule has 0 amide bonds. The number of nitrogens with zero attached hydrogens (tertiary/aromatic N) is 3. The minimum atomic E-state index is -4.79. The third kappa shape index (κ3) is 5.50. The molecule has 0 aliphatic rings. The van der Waals surface area contributed by atoms with Crippen molar-refractivity contribution in [3.05, 3.63) is 54.4 Å². The molecule has 3 rings (SSSR count). The van der Waals surface area contributed by atoms with Gasteiger partial charge in [-0.15, -0.1) is 37.1 Å². The van der Waals surface area contributed by atoms with Crippen molar-refractivity contribution >= 4 is 46.7 Å². The van der Waals surface area contributed by atoms with Crippen LogP contribution in [0.25, 0.3) is 11.0 Å². The van der Waals surface area contributed by atoms with Crippen LogP contribution in [-0.4, -0.2) is 28.4 Å². The molecule has 3 N–H and O–H groups in total. The van der Waals surface area contributed by atoms with Crippen molar-refractivity contribution in [3.63, 3.8) is 0 Å². The molecule has 0 aliphatic carbocycles. The third-order valence-corrected chi connectivity index (χ3v) is 3.83. The molecule has 28 heavy (non-hydrogen) atoms. The first-order chi connectivity index (χ1) is 12.8. The van der Waals surface area contributed by atoms with Gasteiger partial charge in [-0.1, -0.05) is 24.3 Å². The minimum Gasteiger partial charge on any atom is -0.404 e. The van der Waals surface area contributed by atoms with Crippen molar-refractivity contribution in [2.24, 2.45) is 10.7 Å². The quantitative estimate of drug-likeness (QED) is 0.308. The second-order valence-corrected chi connectivity index (χ2v) is 5.74. The number of halogens is 4. The highest BCUT2D eigenvalue weighted by atomic mass is 127. The van der Waals surface area contributed by atoms with E-state index in [0.29, 0.717) is 13.1 Å². The van der Waals surface area contributed by atoms with Crippen LogP contribution < -0.4 is 15.8 Å². The molecule has 0 aliphatic heterocycles. The standard InChI is InChI=1S/C18H18F3N5O.HI/c1-12-24-13-6-2-4-8-15(13)26(12)11-10-23-17(22)25-14-7-3-5-9-16(14)27-18(19,20)21;/h2-9H,10-11H2,1H3,(H3,22,23,25);1H. The number of aryl methyl sites for hydroxylation is 1. The number of guanidine groups is 1. The van der Waals surface area contributed by atoms with Gasteiger partial charge in [0.15, 0.2) is 11.7 Å². The monoisotopic (exact) mass is 505 g/mol. The van der Waals surface area contributed by atoms with Crippen LogP contribution in [0.4, 0.5) is 18.9 Å². The fourth-order valence-electron chi connectivity index (χ4n) is 2.71. The number of para-hydroxylation sites is 4. The van der Waals surface area contributed by atoms with Crippen LogP contribution >= 0.6 is 24.0 Å². The first-order valence-corrected chi connectivity index (χ1v) is 8.17. The molecule has 3 aromatic rings. The van der Waals surface area contributed by atoms with Gasteiger partial charge in [0.2, 0.25) is 0 Å². The number of benzene rings is 2. The molecule has 0 bridgehead atoms. The van der Waals surface area contributed by atoms with Gasteiger partial charge in [0.25, 0.3) is 0 Å². The average molecular weight is 505 g/mol. The maximum Gasteiger partial charge on any atom is 0.573 e. The Morgan fingerprint density at radius 3 is 2.61 bits per heavy atom. The third-order valence-electron chi connectivity index (χ3n) is 3.83. The van der Waals surface area contributed by atoms with Crippen LogP contribution in [0.15, 0.2) is 53.5 Å². The maximum absolute atomic E-state index is 12.5. The lowest BCUT2D eigenvalue weighted by Crippen LogP contribution is -2.25. The molecular weight excluding hydrogens is 486 g/mol. The highest BCUT2D eigenvalue weighted by Gasteiger charge is 2.32. The van der Waals surface area contributed by atoms with E-state index in [2.05, 4.69) is 20.0 Å². The molecule has 1 aromatic heterocycles.